The molecule has 3 aromatic rings. The molecule has 0 aliphatic rings. The van der Waals surface area contributed by atoms with Crippen molar-refractivity contribution in [3.05, 3.63) is 84.4 Å². The van der Waals surface area contributed by atoms with Crippen LogP contribution in [0.25, 0.3) is 0 Å². The highest BCUT2D eigenvalue weighted by atomic mass is 16.5. The lowest BCUT2D eigenvalue weighted by atomic mass is 10.2. The zero-order valence-electron chi connectivity index (χ0n) is 15.1. The van der Waals surface area contributed by atoms with Gasteiger partial charge in [-0.25, -0.2) is 0 Å². The Kier molecular flexibility index (Phi) is 6.30. The van der Waals surface area contributed by atoms with E-state index in [1.807, 2.05) is 78.9 Å². The van der Waals surface area contributed by atoms with Gasteiger partial charge in [0, 0.05) is 5.69 Å². The maximum Gasteiger partial charge on any atom is 0.243 e. The lowest BCUT2D eigenvalue weighted by Crippen LogP contribution is -2.22. The van der Waals surface area contributed by atoms with Gasteiger partial charge in [-0.15, -0.1) is 0 Å². The van der Waals surface area contributed by atoms with E-state index >= 15 is 0 Å². The molecule has 2 N–H and O–H groups in total. The van der Waals surface area contributed by atoms with Crippen LogP contribution in [0.3, 0.4) is 0 Å². The minimum atomic E-state index is -0.151. The molecular formula is C22H22N2O3. The summed E-state index contributed by atoms with van der Waals surface area (Å²) in [6.45, 7) is 0.594. The molecule has 0 fully saturated rings. The number of benzene rings is 3. The third-order valence-corrected chi connectivity index (χ3v) is 3.94. The number of carbonyl (C=O) groups excluding carboxylic acids is 1. The van der Waals surface area contributed by atoms with Crippen molar-refractivity contribution in [2.75, 3.05) is 24.3 Å². The van der Waals surface area contributed by atoms with Crippen LogP contribution in [0.1, 0.15) is 5.56 Å². The third kappa shape index (κ3) is 5.51. The number of amides is 1. The van der Waals surface area contributed by atoms with Crippen molar-refractivity contribution >= 4 is 17.3 Å². The molecule has 27 heavy (non-hydrogen) atoms. The van der Waals surface area contributed by atoms with Crippen molar-refractivity contribution in [2.45, 2.75) is 6.61 Å². The molecule has 3 aromatic carbocycles. The number of methoxy groups -OCH3 is 1. The van der Waals surface area contributed by atoms with Gasteiger partial charge in [0.15, 0.2) is 0 Å². The summed E-state index contributed by atoms with van der Waals surface area (Å²) < 4.78 is 11.0. The van der Waals surface area contributed by atoms with Gasteiger partial charge < -0.3 is 20.1 Å². The van der Waals surface area contributed by atoms with Gasteiger partial charge in [0.25, 0.3) is 0 Å². The molecule has 0 heterocycles. The zero-order chi connectivity index (χ0) is 18.9. The first kappa shape index (κ1) is 18.3. The van der Waals surface area contributed by atoms with Gasteiger partial charge in [-0.05, 0) is 42.0 Å². The summed E-state index contributed by atoms with van der Waals surface area (Å²) in [6.07, 6.45) is 0. The smallest absolute Gasteiger partial charge is 0.243 e. The molecule has 0 atom stereocenters. The molecule has 5 heteroatoms. The fourth-order valence-corrected chi connectivity index (χ4v) is 2.52. The number of ether oxygens (including phenoxy) is 2. The first-order valence-electron chi connectivity index (χ1n) is 8.68. The van der Waals surface area contributed by atoms with Gasteiger partial charge in [-0.2, -0.15) is 0 Å². The average Bonchev–Trinajstić information content (AvgIpc) is 2.73. The molecular weight excluding hydrogens is 340 g/mol. The topological polar surface area (TPSA) is 59.6 Å². The Morgan fingerprint density at radius 2 is 1.59 bits per heavy atom. The van der Waals surface area contributed by atoms with Crippen molar-refractivity contribution < 1.29 is 14.3 Å². The Hall–Kier alpha value is -3.47. The van der Waals surface area contributed by atoms with E-state index in [2.05, 4.69) is 10.6 Å². The van der Waals surface area contributed by atoms with E-state index in [-0.39, 0.29) is 12.5 Å². The van der Waals surface area contributed by atoms with Crippen LogP contribution in [-0.2, 0) is 11.4 Å². The van der Waals surface area contributed by atoms with Crippen LogP contribution in [0.5, 0.6) is 11.5 Å². The summed E-state index contributed by atoms with van der Waals surface area (Å²) in [4.78, 5) is 12.3. The number of hydrogen-bond donors (Lipinski definition) is 2. The Labute approximate surface area is 158 Å². The summed E-state index contributed by atoms with van der Waals surface area (Å²) in [5.41, 5.74) is 2.56. The number of carbonyl (C=O) groups is 1. The van der Waals surface area contributed by atoms with Crippen molar-refractivity contribution in [1.29, 1.82) is 0 Å². The molecule has 0 saturated heterocycles. The second-order valence-corrected chi connectivity index (χ2v) is 5.90. The molecule has 0 aliphatic heterocycles. The van der Waals surface area contributed by atoms with E-state index in [1.165, 1.54) is 0 Å². The Morgan fingerprint density at radius 3 is 2.33 bits per heavy atom. The van der Waals surface area contributed by atoms with Crippen LogP contribution >= 0.6 is 0 Å². The second kappa shape index (κ2) is 9.29. The Morgan fingerprint density at radius 1 is 0.889 bits per heavy atom. The molecule has 1 amide bonds. The van der Waals surface area contributed by atoms with Gasteiger partial charge in [-0.3, -0.25) is 4.79 Å². The summed E-state index contributed by atoms with van der Waals surface area (Å²) in [5.74, 6) is 1.26. The summed E-state index contributed by atoms with van der Waals surface area (Å²) in [5, 5.41) is 5.97. The molecule has 0 bridgehead atoms. The first-order valence-corrected chi connectivity index (χ1v) is 8.68. The number of rotatable bonds is 8. The normalized spacial score (nSPS) is 10.1. The van der Waals surface area contributed by atoms with Crippen molar-refractivity contribution in [3.8, 4) is 11.5 Å². The monoisotopic (exact) mass is 362 g/mol. The highest BCUT2D eigenvalue weighted by Gasteiger charge is 2.08. The predicted molar refractivity (Wildman–Crippen MR) is 107 cm³/mol. The van der Waals surface area contributed by atoms with Gasteiger partial charge >= 0.3 is 0 Å². The fraction of sp³-hybridized carbons (Fsp3) is 0.136. The molecule has 0 radical (unpaired) electrons. The maximum atomic E-state index is 12.3. The number of anilines is 2. The summed E-state index contributed by atoms with van der Waals surface area (Å²) in [7, 11) is 1.62. The lowest BCUT2D eigenvalue weighted by molar-refractivity contribution is -0.114. The number of para-hydroxylation sites is 2. The quantitative estimate of drug-likeness (QED) is 0.626. The second-order valence-electron chi connectivity index (χ2n) is 5.90. The molecule has 0 aliphatic carbocycles. The van der Waals surface area contributed by atoms with Gasteiger partial charge in [0.05, 0.1) is 19.3 Å². The van der Waals surface area contributed by atoms with E-state index in [1.54, 1.807) is 7.11 Å². The highest BCUT2D eigenvalue weighted by Crippen LogP contribution is 2.24. The molecule has 0 spiro atoms. The number of hydrogen-bond acceptors (Lipinski definition) is 4. The average molecular weight is 362 g/mol. The van der Waals surface area contributed by atoms with E-state index in [0.29, 0.717) is 18.0 Å². The molecule has 0 aromatic heterocycles. The SMILES string of the molecule is COc1ccc(NCC(=O)Nc2ccccc2OCc2ccccc2)cc1. The van der Waals surface area contributed by atoms with Crippen LogP contribution in [-0.4, -0.2) is 19.6 Å². The molecule has 5 nitrogen and oxygen atoms in total. The number of nitrogens with one attached hydrogen (secondary N) is 2. The largest absolute Gasteiger partial charge is 0.497 e. The Balaban J connectivity index is 1.55. The fourth-order valence-electron chi connectivity index (χ4n) is 2.52. The third-order valence-electron chi connectivity index (χ3n) is 3.94. The van der Waals surface area contributed by atoms with Crippen LogP contribution in [0, 0.1) is 0 Å². The predicted octanol–water partition coefficient (Wildman–Crippen LogP) is 4.32. The van der Waals surface area contributed by atoms with Gasteiger partial charge in [-0.1, -0.05) is 42.5 Å². The van der Waals surface area contributed by atoms with Crippen LogP contribution in [0.15, 0.2) is 78.9 Å². The van der Waals surface area contributed by atoms with Crippen molar-refractivity contribution in [2.24, 2.45) is 0 Å². The highest BCUT2D eigenvalue weighted by molar-refractivity contribution is 5.95. The molecule has 0 unspecified atom stereocenters. The minimum absolute atomic E-state index is 0.151. The molecule has 0 saturated carbocycles. The van der Waals surface area contributed by atoms with E-state index < -0.39 is 0 Å². The Bertz CT molecular complexity index is 864. The van der Waals surface area contributed by atoms with Crippen LogP contribution < -0.4 is 20.1 Å². The maximum absolute atomic E-state index is 12.3. The van der Waals surface area contributed by atoms with Crippen LogP contribution in [0.2, 0.25) is 0 Å². The molecule has 138 valence electrons. The zero-order valence-corrected chi connectivity index (χ0v) is 15.1. The molecule has 3 rings (SSSR count). The lowest BCUT2D eigenvalue weighted by Gasteiger charge is -2.13. The van der Waals surface area contributed by atoms with Crippen molar-refractivity contribution in [3.63, 3.8) is 0 Å². The minimum Gasteiger partial charge on any atom is -0.497 e. The van der Waals surface area contributed by atoms with E-state index in [4.69, 9.17) is 9.47 Å². The summed E-state index contributed by atoms with van der Waals surface area (Å²) >= 11 is 0. The van der Waals surface area contributed by atoms with Gasteiger partial charge in [0.2, 0.25) is 5.91 Å². The summed E-state index contributed by atoms with van der Waals surface area (Å²) in [6, 6.07) is 24.7. The standard InChI is InChI=1S/C22H22N2O3/c1-26-19-13-11-18(12-14-19)23-15-22(25)24-20-9-5-6-10-21(20)27-16-17-7-3-2-4-8-17/h2-14,23H,15-16H2,1H3,(H,24,25). The van der Waals surface area contributed by atoms with E-state index in [9.17, 15) is 4.79 Å². The van der Waals surface area contributed by atoms with Gasteiger partial charge in [0.1, 0.15) is 18.1 Å². The van der Waals surface area contributed by atoms with E-state index in [0.717, 1.165) is 17.0 Å². The van der Waals surface area contributed by atoms with Crippen LogP contribution in [0.4, 0.5) is 11.4 Å². The first-order chi connectivity index (χ1) is 13.2. The van der Waals surface area contributed by atoms with Crippen molar-refractivity contribution in [1.82, 2.24) is 0 Å².